The van der Waals surface area contributed by atoms with Gasteiger partial charge in [0.05, 0.1) is 10.6 Å². The highest BCUT2D eigenvalue weighted by Crippen LogP contribution is 2.37. The molecule has 26 heavy (non-hydrogen) atoms. The number of nitrogens with one attached hydrogen (secondary N) is 1. The molecular formula is C18H17NO6S. The van der Waals surface area contributed by atoms with E-state index < -0.39 is 27.4 Å². The number of carboxylic acids is 1. The highest BCUT2D eigenvalue weighted by atomic mass is 32.2. The topological polar surface area (TPSA) is 110 Å². The van der Waals surface area contributed by atoms with Crippen LogP contribution in [0.1, 0.15) is 17.5 Å². The zero-order valence-electron chi connectivity index (χ0n) is 13.7. The van der Waals surface area contributed by atoms with Crippen LogP contribution in [-0.2, 0) is 31.5 Å². The Kier molecular flexibility index (Phi) is 4.69. The first-order valence-corrected chi connectivity index (χ1v) is 9.55. The Morgan fingerprint density at radius 2 is 1.73 bits per heavy atom. The Balaban J connectivity index is 1.87. The number of rotatable bonds is 4. The van der Waals surface area contributed by atoms with Gasteiger partial charge in [-0.3, -0.25) is 0 Å². The number of hydrogen-bond acceptors (Lipinski definition) is 5. The van der Waals surface area contributed by atoms with Gasteiger partial charge in [0.25, 0.3) is 0 Å². The average Bonchev–Trinajstić information content (AvgIpc) is 2.63. The third kappa shape index (κ3) is 3.28. The van der Waals surface area contributed by atoms with Crippen LogP contribution < -0.4 is 5.32 Å². The molecule has 2 aromatic rings. The molecular weight excluding hydrogens is 358 g/mol. The maximum absolute atomic E-state index is 12.2. The van der Waals surface area contributed by atoms with E-state index in [9.17, 15) is 23.1 Å². The van der Waals surface area contributed by atoms with Crippen LogP contribution in [0.2, 0.25) is 0 Å². The molecule has 7 nitrogen and oxygen atoms in total. The Hall–Kier alpha value is -2.87. The van der Waals surface area contributed by atoms with E-state index in [1.807, 2.05) is 6.07 Å². The van der Waals surface area contributed by atoms with Crippen molar-refractivity contribution in [1.29, 1.82) is 0 Å². The monoisotopic (exact) mass is 375 g/mol. The van der Waals surface area contributed by atoms with Gasteiger partial charge in [-0.1, -0.05) is 48.5 Å². The SMILES string of the molecule is O=C(NC1(C(=O)O)CCS(=O)(=O)c2ccccc21)OCc1ccccc1. The summed E-state index contributed by atoms with van der Waals surface area (Å²) in [5, 5.41) is 12.1. The fraction of sp³-hybridized carbons (Fsp3) is 0.222. The van der Waals surface area contributed by atoms with Crippen molar-refractivity contribution in [1.82, 2.24) is 5.32 Å². The van der Waals surface area contributed by atoms with E-state index in [2.05, 4.69) is 5.32 Å². The number of aliphatic carboxylic acids is 1. The van der Waals surface area contributed by atoms with Gasteiger partial charge in [0.1, 0.15) is 6.61 Å². The molecule has 136 valence electrons. The number of carbonyl (C=O) groups is 2. The van der Waals surface area contributed by atoms with Gasteiger partial charge in [-0.2, -0.15) is 0 Å². The summed E-state index contributed by atoms with van der Waals surface area (Å²) in [6.07, 6.45) is -1.20. The van der Waals surface area contributed by atoms with Crippen molar-refractivity contribution >= 4 is 21.9 Å². The van der Waals surface area contributed by atoms with Crippen molar-refractivity contribution in [2.75, 3.05) is 5.75 Å². The smallest absolute Gasteiger partial charge is 0.408 e. The number of fused-ring (bicyclic) bond motifs is 1. The summed E-state index contributed by atoms with van der Waals surface area (Å²) in [5.74, 6) is -1.72. The van der Waals surface area contributed by atoms with Crippen LogP contribution in [0.5, 0.6) is 0 Å². The molecule has 0 aliphatic carbocycles. The molecule has 3 rings (SSSR count). The molecule has 8 heteroatoms. The number of carboxylic acid groups (broad SMARTS) is 1. The molecule has 1 amide bonds. The third-order valence-electron chi connectivity index (χ3n) is 4.32. The maximum atomic E-state index is 12.2. The Labute approximate surface area is 150 Å². The van der Waals surface area contributed by atoms with Crippen LogP contribution in [0.4, 0.5) is 4.79 Å². The molecule has 0 spiro atoms. The van der Waals surface area contributed by atoms with E-state index >= 15 is 0 Å². The van der Waals surface area contributed by atoms with Gasteiger partial charge in [0.2, 0.25) is 0 Å². The lowest BCUT2D eigenvalue weighted by molar-refractivity contribution is -0.145. The van der Waals surface area contributed by atoms with Gasteiger partial charge in [-0.15, -0.1) is 0 Å². The lowest BCUT2D eigenvalue weighted by Crippen LogP contribution is -2.55. The van der Waals surface area contributed by atoms with Crippen LogP contribution in [0.3, 0.4) is 0 Å². The number of carbonyl (C=O) groups excluding carboxylic acids is 1. The molecule has 2 N–H and O–H groups in total. The van der Waals surface area contributed by atoms with Crippen molar-refractivity contribution < 1.29 is 27.9 Å². The van der Waals surface area contributed by atoms with Crippen LogP contribution in [0.25, 0.3) is 0 Å². The maximum Gasteiger partial charge on any atom is 0.408 e. The highest BCUT2D eigenvalue weighted by Gasteiger charge is 2.49. The zero-order chi connectivity index (χ0) is 18.8. The summed E-state index contributed by atoms with van der Waals surface area (Å²) < 4.78 is 29.6. The molecule has 0 radical (unpaired) electrons. The number of sulfone groups is 1. The second-order valence-electron chi connectivity index (χ2n) is 5.96. The first-order chi connectivity index (χ1) is 12.3. The summed E-state index contributed by atoms with van der Waals surface area (Å²) in [4.78, 5) is 24.1. The Bertz CT molecular complexity index is 941. The molecule has 1 unspecified atom stereocenters. The molecule has 2 aromatic carbocycles. The third-order valence-corrected chi connectivity index (χ3v) is 6.09. The molecule has 1 aliphatic heterocycles. The molecule has 1 aliphatic rings. The lowest BCUT2D eigenvalue weighted by Gasteiger charge is -2.35. The molecule has 1 atom stereocenters. The van der Waals surface area contributed by atoms with Crippen molar-refractivity contribution in [2.45, 2.75) is 23.5 Å². The number of alkyl carbamates (subject to hydrolysis) is 1. The lowest BCUT2D eigenvalue weighted by atomic mass is 9.87. The molecule has 0 aromatic heterocycles. The van der Waals surface area contributed by atoms with E-state index in [4.69, 9.17) is 4.74 Å². The predicted molar refractivity (Wildman–Crippen MR) is 92.2 cm³/mol. The summed E-state index contributed by atoms with van der Waals surface area (Å²) in [6, 6.07) is 14.7. The van der Waals surface area contributed by atoms with Crippen LogP contribution in [0, 0.1) is 0 Å². The van der Waals surface area contributed by atoms with Crippen molar-refractivity contribution in [2.24, 2.45) is 0 Å². The minimum absolute atomic E-state index is 0.0255. The largest absolute Gasteiger partial charge is 0.479 e. The molecule has 0 saturated heterocycles. The van der Waals surface area contributed by atoms with Gasteiger partial charge in [-0.25, -0.2) is 18.0 Å². The second kappa shape index (κ2) is 6.80. The van der Waals surface area contributed by atoms with E-state index in [0.29, 0.717) is 0 Å². The average molecular weight is 375 g/mol. The van der Waals surface area contributed by atoms with Crippen LogP contribution >= 0.6 is 0 Å². The normalized spacial score (nSPS) is 20.6. The van der Waals surface area contributed by atoms with Gasteiger partial charge in [0, 0.05) is 5.56 Å². The Morgan fingerprint density at radius 3 is 2.42 bits per heavy atom. The van der Waals surface area contributed by atoms with Gasteiger partial charge in [-0.05, 0) is 18.1 Å². The Morgan fingerprint density at radius 1 is 1.08 bits per heavy atom. The van der Waals surface area contributed by atoms with Gasteiger partial charge in [0.15, 0.2) is 15.4 Å². The van der Waals surface area contributed by atoms with Crippen LogP contribution in [-0.4, -0.2) is 31.3 Å². The number of benzene rings is 2. The number of amides is 1. The van der Waals surface area contributed by atoms with Gasteiger partial charge >= 0.3 is 12.1 Å². The van der Waals surface area contributed by atoms with E-state index in [1.54, 1.807) is 24.3 Å². The minimum Gasteiger partial charge on any atom is -0.479 e. The molecule has 0 saturated carbocycles. The standard InChI is InChI=1S/C18H17NO6S/c20-16(21)18(19-17(22)25-12-13-6-2-1-3-7-13)10-11-26(23,24)15-9-5-4-8-14(15)18/h1-9H,10-12H2,(H,19,22)(H,20,21). The number of ether oxygens (including phenoxy) is 1. The predicted octanol–water partition coefficient (Wildman–Crippen LogP) is 2.07. The van der Waals surface area contributed by atoms with Crippen molar-refractivity contribution in [3.8, 4) is 0 Å². The first-order valence-electron chi connectivity index (χ1n) is 7.90. The summed E-state index contributed by atoms with van der Waals surface area (Å²) in [7, 11) is -3.59. The first kappa shape index (κ1) is 17.9. The minimum atomic E-state index is -3.59. The quantitative estimate of drug-likeness (QED) is 0.847. The molecule has 0 bridgehead atoms. The fourth-order valence-electron chi connectivity index (χ4n) is 2.96. The molecule has 1 heterocycles. The van der Waals surface area contributed by atoms with Crippen LogP contribution in [0.15, 0.2) is 59.5 Å². The summed E-state index contributed by atoms with van der Waals surface area (Å²) in [5.41, 5.74) is -1.07. The fourth-order valence-corrected chi connectivity index (χ4v) is 4.62. The summed E-state index contributed by atoms with van der Waals surface area (Å²) >= 11 is 0. The summed E-state index contributed by atoms with van der Waals surface area (Å²) in [6.45, 7) is -0.0255. The van der Waals surface area contributed by atoms with Gasteiger partial charge < -0.3 is 15.2 Å². The van der Waals surface area contributed by atoms with Crippen molar-refractivity contribution in [3.63, 3.8) is 0 Å². The second-order valence-corrected chi connectivity index (χ2v) is 8.04. The number of hydrogen-bond donors (Lipinski definition) is 2. The van der Waals surface area contributed by atoms with E-state index in [-0.39, 0.29) is 29.2 Å². The van der Waals surface area contributed by atoms with Crippen molar-refractivity contribution in [3.05, 3.63) is 65.7 Å². The molecule has 0 fully saturated rings. The highest BCUT2D eigenvalue weighted by molar-refractivity contribution is 7.91. The van der Waals surface area contributed by atoms with E-state index in [0.717, 1.165) is 5.56 Å². The van der Waals surface area contributed by atoms with E-state index in [1.165, 1.54) is 24.3 Å². The zero-order valence-corrected chi connectivity index (χ0v) is 14.5.